The molecule has 0 aliphatic carbocycles. The van der Waals surface area contributed by atoms with Crippen LogP contribution in [0, 0.1) is 0 Å². The molecule has 2 unspecified atom stereocenters. The van der Waals surface area contributed by atoms with E-state index in [-0.39, 0.29) is 12.6 Å². The number of aliphatic hydroxyl groups is 1. The molecule has 2 nitrogen and oxygen atoms in total. The fourth-order valence-electron chi connectivity index (χ4n) is 1.37. The molecule has 2 N–H and O–H groups in total. The Hall–Kier alpha value is -0.290. The maximum absolute atomic E-state index is 12.0. The van der Waals surface area contributed by atoms with Crippen molar-refractivity contribution in [3.05, 3.63) is 0 Å². The monoisotopic (exact) mass is 213 g/mol. The van der Waals surface area contributed by atoms with Gasteiger partial charge in [-0.05, 0) is 19.8 Å². The largest absolute Gasteiger partial charge is 0.396 e. The zero-order chi connectivity index (χ0) is 11.2. The van der Waals surface area contributed by atoms with Crippen LogP contribution in [0.3, 0.4) is 0 Å². The van der Waals surface area contributed by atoms with E-state index in [2.05, 4.69) is 5.32 Å². The summed E-state index contributed by atoms with van der Waals surface area (Å²) in [4.78, 5) is 0. The van der Waals surface area contributed by atoms with Gasteiger partial charge in [-0.1, -0.05) is 6.92 Å². The minimum atomic E-state index is -4.12. The van der Waals surface area contributed by atoms with Crippen LogP contribution in [0.4, 0.5) is 13.2 Å². The Bertz CT molecular complexity index is 149. The predicted octanol–water partition coefficient (Wildman–Crippen LogP) is 2.08. The number of hydrogen-bond donors (Lipinski definition) is 2. The van der Waals surface area contributed by atoms with Gasteiger partial charge in [0, 0.05) is 18.7 Å². The first kappa shape index (κ1) is 13.7. The normalized spacial score (nSPS) is 16.7. The van der Waals surface area contributed by atoms with Gasteiger partial charge in [-0.2, -0.15) is 13.2 Å². The van der Waals surface area contributed by atoms with Crippen LogP contribution in [-0.4, -0.2) is 30.0 Å². The Labute approximate surface area is 82.5 Å². The van der Waals surface area contributed by atoms with Gasteiger partial charge < -0.3 is 10.4 Å². The summed E-state index contributed by atoms with van der Waals surface area (Å²) in [6, 6.07) is -0.621. The van der Waals surface area contributed by atoms with Gasteiger partial charge >= 0.3 is 6.18 Å². The van der Waals surface area contributed by atoms with E-state index in [1.807, 2.05) is 6.92 Å². The summed E-state index contributed by atoms with van der Waals surface area (Å²) in [5.74, 6) is 0. The summed E-state index contributed by atoms with van der Waals surface area (Å²) in [5.41, 5.74) is 0. The van der Waals surface area contributed by atoms with Crippen molar-refractivity contribution >= 4 is 0 Å². The average Bonchev–Trinajstić information content (AvgIpc) is 2.00. The molecule has 0 saturated carbocycles. The Balaban J connectivity index is 3.84. The van der Waals surface area contributed by atoms with E-state index in [4.69, 9.17) is 5.11 Å². The number of halogens is 3. The maximum atomic E-state index is 12.0. The number of alkyl halides is 3. The molecule has 86 valence electrons. The average molecular weight is 213 g/mol. The summed E-state index contributed by atoms with van der Waals surface area (Å²) in [7, 11) is 0. The van der Waals surface area contributed by atoms with Gasteiger partial charge in [0.25, 0.3) is 0 Å². The van der Waals surface area contributed by atoms with Gasteiger partial charge in [0.2, 0.25) is 0 Å². The number of aliphatic hydroxyl groups excluding tert-OH is 1. The van der Waals surface area contributed by atoms with Crippen LogP contribution in [-0.2, 0) is 0 Å². The molecular weight excluding hydrogens is 195 g/mol. The van der Waals surface area contributed by atoms with E-state index < -0.39 is 18.6 Å². The van der Waals surface area contributed by atoms with Gasteiger partial charge in [-0.25, -0.2) is 0 Å². The van der Waals surface area contributed by atoms with Crippen LogP contribution in [0.1, 0.15) is 33.1 Å². The highest BCUT2D eigenvalue weighted by atomic mass is 19.4. The number of hydrogen-bond acceptors (Lipinski definition) is 2. The molecule has 2 atom stereocenters. The number of nitrogens with one attached hydrogen (secondary N) is 1. The second kappa shape index (κ2) is 6.24. The molecule has 0 fully saturated rings. The standard InChI is InChI=1S/C9H18F3NO/c1-3-8(4-5-14)13-7(2)6-9(10,11)12/h7-8,13-14H,3-6H2,1-2H3. The van der Waals surface area contributed by atoms with E-state index in [1.165, 1.54) is 6.92 Å². The molecule has 0 spiro atoms. The Morgan fingerprint density at radius 3 is 2.29 bits per heavy atom. The summed E-state index contributed by atoms with van der Waals surface area (Å²) in [6.07, 6.45) is -3.72. The summed E-state index contributed by atoms with van der Waals surface area (Å²) < 4.78 is 35.9. The lowest BCUT2D eigenvalue weighted by molar-refractivity contribution is -0.139. The van der Waals surface area contributed by atoms with Gasteiger partial charge in [0.05, 0.1) is 6.42 Å². The molecule has 14 heavy (non-hydrogen) atoms. The molecule has 0 aliphatic heterocycles. The van der Waals surface area contributed by atoms with Gasteiger partial charge in [0.15, 0.2) is 0 Å². The molecule has 0 amide bonds. The van der Waals surface area contributed by atoms with Crippen LogP contribution >= 0.6 is 0 Å². The first-order valence-electron chi connectivity index (χ1n) is 4.82. The van der Waals surface area contributed by atoms with Crippen LogP contribution in [0.5, 0.6) is 0 Å². The molecular formula is C9H18F3NO. The van der Waals surface area contributed by atoms with E-state index >= 15 is 0 Å². The fourth-order valence-corrected chi connectivity index (χ4v) is 1.37. The minimum Gasteiger partial charge on any atom is -0.396 e. The highest BCUT2D eigenvalue weighted by molar-refractivity contribution is 4.72. The first-order chi connectivity index (χ1) is 6.39. The molecule has 0 heterocycles. The lowest BCUT2D eigenvalue weighted by Gasteiger charge is -2.22. The molecule has 0 aromatic carbocycles. The lowest BCUT2D eigenvalue weighted by Crippen LogP contribution is -2.39. The molecule has 0 radical (unpaired) electrons. The fraction of sp³-hybridized carbons (Fsp3) is 1.00. The van der Waals surface area contributed by atoms with E-state index in [0.29, 0.717) is 6.42 Å². The van der Waals surface area contributed by atoms with E-state index in [1.54, 1.807) is 0 Å². The Morgan fingerprint density at radius 1 is 1.36 bits per heavy atom. The molecule has 0 aromatic heterocycles. The van der Waals surface area contributed by atoms with Crippen molar-refractivity contribution in [2.75, 3.05) is 6.61 Å². The van der Waals surface area contributed by atoms with Crippen molar-refractivity contribution in [3.8, 4) is 0 Å². The lowest BCUT2D eigenvalue weighted by atomic mass is 10.1. The third kappa shape index (κ3) is 7.15. The van der Waals surface area contributed by atoms with E-state index in [9.17, 15) is 13.2 Å². The number of rotatable bonds is 6. The second-order valence-corrected chi connectivity index (χ2v) is 3.50. The summed E-state index contributed by atoms with van der Waals surface area (Å²) >= 11 is 0. The minimum absolute atomic E-state index is 0.00421. The quantitative estimate of drug-likeness (QED) is 0.708. The molecule has 5 heteroatoms. The van der Waals surface area contributed by atoms with Crippen LogP contribution < -0.4 is 5.32 Å². The summed E-state index contributed by atoms with van der Waals surface area (Å²) in [5, 5.41) is 11.5. The van der Waals surface area contributed by atoms with Crippen LogP contribution in [0.15, 0.2) is 0 Å². The van der Waals surface area contributed by atoms with Crippen molar-refractivity contribution in [1.82, 2.24) is 5.32 Å². The van der Waals surface area contributed by atoms with Crippen molar-refractivity contribution in [1.29, 1.82) is 0 Å². The highest BCUT2D eigenvalue weighted by Gasteiger charge is 2.30. The highest BCUT2D eigenvalue weighted by Crippen LogP contribution is 2.21. The third-order valence-corrected chi connectivity index (χ3v) is 2.03. The maximum Gasteiger partial charge on any atom is 0.390 e. The SMILES string of the molecule is CCC(CCO)NC(C)CC(F)(F)F. The van der Waals surface area contributed by atoms with Gasteiger partial charge in [-0.3, -0.25) is 0 Å². The predicted molar refractivity (Wildman–Crippen MR) is 49.1 cm³/mol. The first-order valence-corrected chi connectivity index (χ1v) is 4.82. The van der Waals surface area contributed by atoms with Crippen LogP contribution in [0.25, 0.3) is 0 Å². The molecule has 0 bridgehead atoms. The second-order valence-electron chi connectivity index (χ2n) is 3.50. The van der Waals surface area contributed by atoms with Gasteiger partial charge in [0.1, 0.15) is 0 Å². The van der Waals surface area contributed by atoms with Crippen molar-refractivity contribution in [2.24, 2.45) is 0 Å². The van der Waals surface area contributed by atoms with Crippen LogP contribution in [0.2, 0.25) is 0 Å². The van der Waals surface area contributed by atoms with Gasteiger partial charge in [-0.15, -0.1) is 0 Å². The Morgan fingerprint density at radius 2 is 1.93 bits per heavy atom. The van der Waals surface area contributed by atoms with Crippen molar-refractivity contribution in [3.63, 3.8) is 0 Å². The smallest absolute Gasteiger partial charge is 0.390 e. The molecule has 0 rings (SSSR count). The zero-order valence-corrected chi connectivity index (χ0v) is 8.56. The van der Waals surface area contributed by atoms with Crippen molar-refractivity contribution in [2.45, 2.75) is 51.4 Å². The molecule has 0 saturated heterocycles. The molecule has 0 aromatic rings. The topological polar surface area (TPSA) is 32.3 Å². The molecule has 0 aliphatic rings. The van der Waals surface area contributed by atoms with E-state index in [0.717, 1.165) is 6.42 Å². The summed E-state index contributed by atoms with van der Waals surface area (Å²) in [6.45, 7) is 3.39. The Kier molecular flexibility index (Phi) is 6.11. The zero-order valence-electron chi connectivity index (χ0n) is 8.56. The van der Waals surface area contributed by atoms with Crippen molar-refractivity contribution < 1.29 is 18.3 Å². The third-order valence-electron chi connectivity index (χ3n) is 2.03.